The quantitative estimate of drug-likeness (QED) is 0.430. The molecule has 3 N–H and O–H groups in total. The molecule has 0 aromatic heterocycles. The summed E-state index contributed by atoms with van der Waals surface area (Å²) < 4.78 is 0. The summed E-state index contributed by atoms with van der Waals surface area (Å²) in [5.41, 5.74) is 6.77. The van der Waals surface area contributed by atoms with E-state index in [1.165, 1.54) is 25.9 Å². The van der Waals surface area contributed by atoms with E-state index in [1.807, 2.05) is 6.92 Å². The van der Waals surface area contributed by atoms with Gasteiger partial charge in [0, 0.05) is 13.1 Å². The fourth-order valence-electron chi connectivity index (χ4n) is 1.90. The van der Waals surface area contributed by atoms with Gasteiger partial charge in [-0.3, -0.25) is 0 Å². The zero-order valence-electron chi connectivity index (χ0n) is 11.2. The van der Waals surface area contributed by atoms with Crippen molar-refractivity contribution in [2.24, 2.45) is 16.6 Å². The molecule has 0 atom stereocenters. The summed E-state index contributed by atoms with van der Waals surface area (Å²) in [6.45, 7) is 13.0. The van der Waals surface area contributed by atoms with E-state index in [2.05, 4.69) is 28.7 Å². The summed E-state index contributed by atoms with van der Waals surface area (Å²) >= 11 is 0. The second kappa shape index (κ2) is 7.33. The number of aliphatic imine (C=N–C) groups is 1. The van der Waals surface area contributed by atoms with Crippen molar-refractivity contribution < 1.29 is 0 Å². The van der Waals surface area contributed by atoms with E-state index in [9.17, 15) is 0 Å². The molecule has 4 nitrogen and oxygen atoms in total. The van der Waals surface area contributed by atoms with E-state index in [1.54, 1.807) is 0 Å². The largest absolute Gasteiger partial charge is 0.370 e. The number of nitrogens with zero attached hydrogens (tertiary/aromatic N) is 2. The van der Waals surface area contributed by atoms with Crippen LogP contribution in [0.2, 0.25) is 0 Å². The number of hydrogen-bond donors (Lipinski definition) is 2. The Kier molecular flexibility index (Phi) is 6.05. The van der Waals surface area contributed by atoms with Gasteiger partial charge in [-0.15, -0.1) is 0 Å². The lowest BCUT2D eigenvalue weighted by atomic mass is 9.99. The maximum Gasteiger partial charge on any atom is 0.188 e. The van der Waals surface area contributed by atoms with Crippen molar-refractivity contribution >= 4 is 5.96 Å². The Bertz CT molecular complexity index is 265. The second-order valence-electron chi connectivity index (χ2n) is 5.11. The molecule has 1 fully saturated rings. The lowest BCUT2D eigenvalue weighted by Gasteiger charge is -2.30. The molecule has 0 amide bonds. The standard InChI is InChI=1S/C13H26N4/c1-11(2)10-16-13(14)15-6-9-17-7-4-12(3)5-8-17/h12H,1,4-10H2,2-3H3,(H3,14,15,16). The Morgan fingerprint density at radius 1 is 1.47 bits per heavy atom. The molecule has 17 heavy (non-hydrogen) atoms. The van der Waals surface area contributed by atoms with Gasteiger partial charge in [0.2, 0.25) is 0 Å². The minimum absolute atomic E-state index is 0.526. The summed E-state index contributed by atoms with van der Waals surface area (Å²) in [7, 11) is 0. The maximum atomic E-state index is 5.74. The molecule has 1 aliphatic heterocycles. The fourth-order valence-corrected chi connectivity index (χ4v) is 1.90. The van der Waals surface area contributed by atoms with Crippen LogP contribution >= 0.6 is 0 Å². The minimum atomic E-state index is 0.526. The molecule has 0 aromatic carbocycles. The van der Waals surface area contributed by atoms with Crippen LogP contribution in [0.5, 0.6) is 0 Å². The second-order valence-corrected chi connectivity index (χ2v) is 5.11. The number of likely N-dealkylation sites (tertiary alicyclic amines) is 1. The first-order valence-corrected chi connectivity index (χ1v) is 6.48. The van der Waals surface area contributed by atoms with Crippen LogP contribution in [0, 0.1) is 5.92 Å². The Hall–Kier alpha value is -1.03. The Morgan fingerprint density at radius 3 is 2.71 bits per heavy atom. The maximum absolute atomic E-state index is 5.74. The molecule has 4 heteroatoms. The van der Waals surface area contributed by atoms with Crippen LogP contribution in [-0.2, 0) is 0 Å². The smallest absolute Gasteiger partial charge is 0.188 e. The van der Waals surface area contributed by atoms with Crippen LogP contribution in [-0.4, -0.2) is 43.6 Å². The highest BCUT2D eigenvalue weighted by Crippen LogP contribution is 2.14. The van der Waals surface area contributed by atoms with Gasteiger partial charge in [0.15, 0.2) is 5.96 Å². The highest BCUT2D eigenvalue weighted by molar-refractivity contribution is 5.77. The normalized spacial score (nSPS) is 19.3. The number of hydrogen-bond acceptors (Lipinski definition) is 2. The lowest BCUT2D eigenvalue weighted by molar-refractivity contribution is 0.195. The summed E-state index contributed by atoms with van der Waals surface area (Å²) in [4.78, 5) is 6.67. The van der Waals surface area contributed by atoms with Gasteiger partial charge in [-0.2, -0.15) is 0 Å². The van der Waals surface area contributed by atoms with Gasteiger partial charge in [0.05, 0.1) is 6.54 Å². The molecule has 1 aliphatic rings. The van der Waals surface area contributed by atoms with Gasteiger partial charge in [0.25, 0.3) is 0 Å². The summed E-state index contributed by atoms with van der Waals surface area (Å²) in [6, 6.07) is 0. The van der Waals surface area contributed by atoms with E-state index in [4.69, 9.17) is 5.73 Å². The Morgan fingerprint density at radius 2 is 2.12 bits per heavy atom. The van der Waals surface area contributed by atoms with Gasteiger partial charge < -0.3 is 16.0 Å². The highest BCUT2D eigenvalue weighted by atomic mass is 15.2. The van der Waals surface area contributed by atoms with E-state index in [0.717, 1.165) is 24.6 Å². The van der Waals surface area contributed by atoms with Gasteiger partial charge >= 0.3 is 0 Å². The molecule has 0 spiro atoms. The summed E-state index contributed by atoms with van der Waals surface area (Å²) in [5.74, 6) is 1.42. The third-order valence-electron chi connectivity index (χ3n) is 3.13. The monoisotopic (exact) mass is 238 g/mol. The Labute approximate surface area is 105 Å². The van der Waals surface area contributed by atoms with Crippen LogP contribution < -0.4 is 11.1 Å². The highest BCUT2D eigenvalue weighted by Gasteiger charge is 2.14. The van der Waals surface area contributed by atoms with Gasteiger partial charge in [-0.1, -0.05) is 19.1 Å². The number of rotatable bonds is 5. The minimum Gasteiger partial charge on any atom is -0.370 e. The van der Waals surface area contributed by atoms with Crippen molar-refractivity contribution in [2.75, 3.05) is 32.7 Å². The molecule has 0 bridgehead atoms. The number of piperidine rings is 1. The topological polar surface area (TPSA) is 53.6 Å². The van der Waals surface area contributed by atoms with Gasteiger partial charge in [-0.25, -0.2) is 4.99 Å². The van der Waals surface area contributed by atoms with E-state index >= 15 is 0 Å². The lowest BCUT2D eigenvalue weighted by Crippen LogP contribution is -2.41. The molecule has 0 radical (unpaired) electrons. The molecule has 0 aliphatic carbocycles. The van der Waals surface area contributed by atoms with Crippen molar-refractivity contribution in [2.45, 2.75) is 26.7 Å². The number of nitrogens with two attached hydrogens (primary N) is 1. The van der Waals surface area contributed by atoms with Crippen molar-refractivity contribution in [1.82, 2.24) is 10.2 Å². The van der Waals surface area contributed by atoms with E-state index in [-0.39, 0.29) is 0 Å². The zero-order chi connectivity index (χ0) is 12.7. The van der Waals surface area contributed by atoms with Crippen LogP contribution in [0.4, 0.5) is 0 Å². The van der Waals surface area contributed by atoms with Crippen LogP contribution in [0.1, 0.15) is 26.7 Å². The molecule has 98 valence electrons. The zero-order valence-corrected chi connectivity index (χ0v) is 11.2. The van der Waals surface area contributed by atoms with Crippen molar-refractivity contribution in [3.8, 4) is 0 Å². The van der Waals surface area contributed by atoms with E-state index < -0.39 is 0 Å². The third kappa shape index (κ3) is 6.31. The van der Waals surface area contributed by atoms with Gasteiger partial charge in [0.1, 0.15) is 0 Å². The molecular formula is C13H26N4. The average Bonchev–Trinajstić information content (AvgIpc) is 2.29. The molecular weight excluding hydrogens is 212 g/mol. The SMILES string of the molecule is C=C(C)CN=C(N)NCCN1CCC(C)CC1. The molecule has 0 aromatic rings. The van der Waals surface area contributed by atoms with Crippen molar-refractivity contribution in [3.63, 3.8) is 0 Å². The van der Waals surface area contributed by atoms with E-state index in [0.29, 0.717) is 12.5 Å². The number of guanidine groups is 1. The summed E-state index contributed by atoms with van der Waals surface area (Å²) in [6.07, 6.45) is 2.64. The Balaban J connectivity index is 2.11. The van der Waals surface area contributed by atoms with Crippen molar-refractivity contribution in [3.05, 3.63) is 12.2 Å². The third-order valence-corrected chi connectivity index (χ3v) is 3.13. The first-order valence-electron chi connectivity index (χ1n) is 6.48. The molecule has 1 rings (SSSR count). The first-order chi connectivity index (χ1) is 8.08. The molecule has 1 heterocycles. The van der Waals surface area contributed by atoms with Gasteiger partial charge in [-0.05, 0) is 38.8 Å². The predicted octanol–water partition coefficient (Wildman–Crippen LogP) is 1.20. The first kappa shape index (κ1) is 14.0. The summed E-state index contributed by atoms with van der Waals surface area (Å²) in [5, 5.41) is 3.14. The molecule has 0 saturated carbocycles. The fraction of sp³-hybridized carbons (Fsp3) is 0.769. The number of nitrogens with one attached hydrogen (secondary N) is 1. The average molecular weight is 238 g/mol. The van der Waals surface area contributed by atoms with Crippen molar-refractivity contribution in [1.29, 1.82) is 0 Å². The molecule has 0 unspecified atom stereocenters. The predicted molar refractivity (Wildman–Crippen MR) is 74.1 cm³/mol. The van der Waals surface area contributed by atoms with Crippen LogP contribution in [0.15, 0.2) is 17.1 Å². The van der Waals surface area contributed by atoms with Crippen LogP contribution in [0.25, 0.3) is 0 Å². The van der Waals surface area contributed by atoms with Crippen LogP contribution in [0.3, 0.4) is 0 Å². The molecule has 1 saturated heterocycles.